The molecule has 1 nitrogen and oxygen atoms in total. The van der Waals surface area contributed by atoms with E-state index in [0.717, 1.165) is 0 Å². The zero-order valence-electron chi connectivity index (χ0n) is 6.14. The fourth-order valence-electron chi connectivity index (χ4n) is 0.691. The van der Waals surface area contributed by atoms with Gasteiger partial charge in [-0.25, -0.2) is 0 Å². The van der Waals surface area contributed by atoms with Gasteiger partial charge in [-0.2, -0.15) is 0 Å². The number of hydrogen-bond acceptors (Lipinski definition) is 1. The van der Waals surface area contributed by atoms with Crippen molar-refractivity contribution < 1.29 is 4.42 Å². The van der Waals surface area contributed by atoms with Gasteiger partial charge in [0.05, 0.1) is 20.6 Å². The predicted octanol–water partition coefficient (Wildman–Crippen LogP) is 1.82. The topological polar surface area (TPSA) is 13.1 Å². The molecule has 0 saturated heterocycles. The molecule has 0 amide bonds. The summed E-state index contributed by atoms with van der Waals surface area (Å²) in [6.07, 6.45) is 3.60. The van der Waals surface area contributed by atoms with Gasteiger partial charge >= 0.3 is 0 Å². The van der Waals surface area contributed by atoms with E-state index in [2.05, 4.69) is 25.7 Å². The molecule has 1 rings (SSSR count). The first-order chi connectivity index (χ1) is 4.11. The Morgan fingerprint density at radius 1 is 1.33 bits per heavy atom. The Balaban J connectivity index is 2.90. The highest BCUT2D eigenvalue weighted by Gasteiger charge is 2.16. The van der Waals surface area contributed by atoms with E-state index in [1.165, 1.54) is 5.19 Å². The smallest absolute Gasteiger partial charge is 0.0901 e. The van der Waals surface area contributed by atoms with Gasteiger partial charge in [-0.1, -0.05) is 19.6 Å². The van der Waals surface area contributed by atoms with Crippen molar-refractivity contribution in [3.8, 4) is 0 Å². The van der Waals surface area contributed by atoms with Crippen molar-refractivity contribution >= 4 is 13.3 Å². The average Bonchev–Trinajstić information content (AvgIpc) is 2.08. The van der Waals surface area contributed by atoms with E-state index in [1.54, 1.807) is 6.26 Å². The summed E-state index contributed by atoms with van der Waals surface area (Å²) in [5, 5.41) is 1.39. The highest BCUT2D eigenvalue weighted by molar-refractivity contribution is 6.88. The fraction of sp³-hybridized carbons (Fsp3) is 0.429. The molecule has 0 aliphatic rings. The summed E-state index contributed by atoms with van der Waals surface area (Å²) < 4.78 is 4.98. The molecular formula is C7H12OSi. The van der Waals surface area contributed by atoms with E-state index >= 15 is 0 Å². The minimum Gasteiger partial charge on any atom is -0.473 e. The predicted molar refractivity (Wildman–Crippen MR) is 41.7 cm³/mol. The minimum atomic E-state index is -1.07. The molecule has 0 spiro atoms. The number of rotatable bonds is 1. The van der Waals surface area contributed by atoms with Crippen LogP contribution in [0.25, 0.3) is 0 Å². The first-order valence-corrected chi connectivity index (χ1v) is 6.63. The maximum atomic E-state index is 4.98. The Hall–Kier alpha value is -0.503. The van der Waals surface area contributed by atoms with Gasteiger partial charge in [0.2, 0.25) is 0 Å². The monoisotopic (exact) mass is 140 g/mol. The Labute approximate surface area is 56.7 Å². The molecule has 0 aliphatic carbocycles. The third-order valence-corrected chi connectivity index (χ3v) is 3.40. The lowest BCUT2D eigenvalue weighted by Gasteiger charge is -2.11. The SMILES string of the molecule is C[Si](C)(C)c1ccoc1. The molecule has 0 atom stereocenters. The largest absolute Gasteiger partial charge is 0.473 e. The summed E-state index contributed by atoms with van der Waals surface area (Å²) in [4.78, 5) is 0. The van der Waals surface area contributed by atoms with Crippen molar-refractivity contribution in [3.05, 3.63) is 18.6 Å². The minimum absolute atomic E-state index is 1.07. The van der Waals surface area contributed by atoms with Crippen LogP contribution in [0.3, 0.4) is 0 Å². The number of hydrogen-bond donors (Lipinski definition) is 0. The van der Waals surface area contributed by atoms with Gasteiger partial charge in [0.1, 0.15) is 0 Å². The second-order valence-electron chi connectivity index (χ2n) is 3.26. The number of furan rings is 1. The van der Waals surface area contributed by atoms with E-state index in [4.69, 9.17) is 4.42 Å². The van der Waals surface area contributed by atoms with Crippen LogP contribution < -0.4 is 5.19 Å². The van der Waals surface area contributed by atoms with Crippen molar-refractivity contribution in [3.63, 3.8) is 0 Å². The molecule has 50 valence electrons. The van der Waals surface area contributed by atoms with E-state index in [-0.39, 0.29) is 0 Å². The molecule has 0 aromatic carbocycles. The lowest BCUT2D eigenvalue weighted by molar-refractivity contribution is 0.569. The molecule has 1 aromatic rings. The van der Waals surface area contributed by atoms with Crippen molar-refractivity contribution in [2.75, 3.05) is 0 Å². The highest BCUT2D eigenvalue weighted by atomic mass is 28.3. The van der Waals surface area contributed by atoms with E-state index < -0.39 is 8.07 Å². The Bertz CT molecular complexity index is 171. The lowest BCUT2D eigenvalue weighted by Crippen LogP contribution is -2.36. The quantitative estimate of drug-likeness (QED) is 0.542. The first kappa shape index (κ1) is 6.61. The molecule has 0 N–H and O–H groups in total. The van der Waals surface area contributed by atoms with Gasteiger partial charge in [-0.3, -0.25) is 0 Å². The van der Waals surface area contributed by atoms with Crippen LogP contribution in [0.4, 0.5) is 0 Å². The van der Waals surface area contributed by atoms with Crippen LogP contribution in [0, 0.1) is 0 Å². The second kappa shape index (κ2) is 2.03. The highest BCUT2D eigenvalue weighted by Crippen LogP contribution is 2.01. The molecule has 1 aromatic heterocycles. The van der Waals surface area contributed by atoms with Crippen LogP contribution in [0.2, 0.25) is 19.6 Å². The van der Waals surface area contributed by atoms with Crippen LogP contribution in [-0.4, -0.2) is 8.07 Å². The molecule has 9 heavy (non-hydrogen) atoms. The summed E-state index contributed by atoms with van der Waals surface area (Å²) in [5.74, 6) is 0. The standard InChI is InChI=1S/C7H12OSi/c1-9(2,3)7-4-5-8-6-7/h4-6H,1-3H3. The molecule has 1 heterocycles. The summed E-state index contributed by atoms with van der Waals surface area (Å²) in [5.41, 5.74) is 0. The van der Waals surface area contributed by atoms with Crippen LogP contribution in [0.1, 0.15) is 0 Å². The van der Waals surface area contributed by atoms with Gasteiger partial charge < -0.3 is 4.42 Å². The van der Waals surface area contributed by atoms with Gasteiger partial charge in [0.15, 0.2) is 0 Å². The zero-order chi connectivity index (χ0) is 6.91. The lowest BCUT2D eigenvalue weighted by atomic mass is 10.7. The Morgan fingerprint density at radius 3 is 2.22 bits per heavy atom. The van der Waals surface area contributed by atoms with Crippen LogP contribution >= 0.6 is 0 Å². The zero-order valence-corrected chi connectivity index (χ0v) is 7.14. The third-order valence-electron chi connectivity index (χ3n) is 1.39. The van der Waals surface area contributed by atoms with Crippen LogP contribution in [-0.2, 0) is 0 Å². The van der Waals surface area contributed by atoms with Crippen molar-refractivity contribution in [2.24, 2.45) is 0 Å². The summed E-state index contributed by atoms with van der Waals surface area (Å²) in [7, 11) is -1.07. The van der Waals surface area contributed by atoms with Crippen molar-refractivity contribution in [2.45, 2.75) is 19.6 Å². The molecule has 0 aliphatic heterocycles. The third kappa shape index (κ3) is 1.45. The van der Waals surface area contributed by atoms with Crippen LogP contribution in [0.15, 0.2) is 23.0 Å². The van der Waals surface area contributed by atoms with E-state index in [0.29, 0.717) is 0 Å². The molecule has 0 bridgehead atoms. The summed E-state index contributed by atoms with van der Waals surface area (Å²) in [6.45, 7) is 6.91. The fourth-order valence-corrected chi connectivity index (χ4v) is 1.68. The summed E-state index contributed by atoms with van der Waals surface area (Å²) >= 11 is 0. The van der Waals surface area contributed by atoms with Gasteiger partial charge in [0, 0.05) is 0 Å². The second-order valence-corrected chi connectivity index (χ2v) is 8.34. The van der Waals surface area contributed by atoms with E-state index in [9.17, 15) is 0 Å². The van der Waals surface area contributed by atoms with Gasteiger partial charge in [-0.15, -0.1) is 0 Å². The normalized spacial score (nSPS) is 11.9. The van der Waals surface area contributed by atoms with E-state index in [1.807, 2.05) is 6.26 Å². The Morgan fingerprint density at radius 2 is 2.00 bits per heavy atom. The Kier molecular flexibility index (Phi) is 1.49. The molecular weight excluding hydrogens is 128 g/mol. The first-order valence-electron chi connectivity index (χ1n) is 3.13. The maximum Gasteiger partial charge on any atom is 0.0901 e. The molecule has 0 unspecified atom stereocenters. The molecule has 0 fully saturated rings. The van der Waals surface area contributed by atoms with Crippen molar-refractivity contribution in [1.29, 1.82) is 0 Å². The molecule has 0 radical (unpaired) electrons. The van der Waals surface area contributed by atoms with Gasteiger partial charge in [0.25, 0.3) is 0 Å². The summed E-state index contributed by atoms with van der Waals surface area (Å²) in [6, 6.07) is 2.06. The van der Waals surface area contributed by atoms with Crippen LogP contribution in [0.5, 0.6) is 0 Å². The maximum absolute atomic E-state index is 4.98. The average molecular weight is 140 g/mol. The van der Waals surface area contributed by atoms with Gasteiger partial charge in [-0.05, 0) is 11.3 Å². The molecule has 2 heteroatoms. The molecule has 0 saturated carbocycles. The van der Waals surface area contributed by atoms with Crippen molar-refractivity contribution in [1.82, 2.24) is 0 Å².